The Kier molecular flexibility index (Phi) is 4.27. The highest BCUT2D eigenvalue weighted by Crippen LogP contribution is 2.31. The van der Waals surface area contributed by atoms with Gasteiger partial charge in [0.25, 0.3) is 0 Å². The van der Waals surface area contributed by atoms with Crippen LogP contribution in [0.25, 0.3) is 0 Å². The Morgan fingerprint density at radius 1 is 1.24 bits per heavy atom. The molecule has 114 valence electrons. The van der Waals surface area contributed by atoms with E-state index in [-0.39, 0.29) is 11.9 Å². The molecule has 2 heterocycles. The van der Waals surface area contributed by atoms with Crippen molar-refractivity contribution in [1.82, 2.24) is 9.80 Å². The van der Waals surface area contributed by atoms with Crippen LogP contribution in [0.4, 0.5) is 0 Å². The standard InChI is InChI=1S/C17H24N2O2/c1-18-11-9-15(17(18)21)19-10-5-8-14(19)12-16(20)13-6-3-2-4-7-13/h2-4,6-7,14-16,20H,5,8-12H2,1H3/t14-,15-,16-/m1/s1. The first-order valence-corrected chi connectivity index (χ1v) is 7.90. The highest BCUT2D eigenvalue weighted by molar-refractivity contribution is 5.83. The largest absolute Gasteiger partial charge is 0.388 e. The van der Waals surface area contributed by atoms with Crippen LogP contribution in [0.5, 0.6) is 0 Å². The van der Waals surface area contributed by atoms with Crippen molar-refractivity contribution in [2.75, 3.05) is 20.1 Å². The van der Waals surface area contributed by atoms with Crippen LogP contribution >= 0.6 is 0 Å². The predicted octanol–water partition coefficient (Wildman–Crippen LogP) is 1.81. The number of aliphatic hydroxyl groups excluding tert-OH is 1. The summed E-state index contributed by atoms with van der Waals surface area (Å²) in [4.78, 5) is 16.4. The number of nitrogens with zero attached hydrogens (tertiary/aromatic N) is 2. The second-order valence-corrected chi connectivity index (χ2v) is 6.26. The second kappa shape index (κ2) is 6.16. The van der Waals surface area contributed by atoms with Gasteiger partial charge in [-0.1, -0.05) is 30.3 Å². The number of hydrogen-bond acceptors (Lipinski definition) is 3. The van der Waals surface area contributed by atoms with Gasteiger partial charge in [-0.3, -0.25) is 9.69 Å². The highest BCUT2D eigenvalue weighted by Gasteiger charge is 2.39. The molecule has 1 amide bonds. The van der Waals surface area contributed by atoms with Crippen LogP contribution in [-0.4, -0.2) is 53.0 Å². The van der Waals surface area contributed by atoms with E-state index in [0.717, 1.165) is 44.3 Å². The van der Waals surface area contributed by atoms with Crippen molar-refractivity contribution < 1.29 is 9.90 Å². The molecule has 2 fully saturated rings. The molecule has 2 aliphatic rings. The summed E-state index contributed by atoms with van der Waals surface area (Å²) < 4.78 is 0. The van der Waals surface area contributed by atoms with Crippen molar-refractivity contribution in [1.29, 1.82) is 0 Å². The Bertz CT molecular complexity index is 491. The summed E-state index contributed by atoms with van der Waals surface area (Å²) in [6, 6.07) is 10.2. The molecule has 4 heteroatoms. The molecular weight excluding hydrogens is 264 g/mol. The maximum absolute atomic E-state index is 12.2. The van der Waals surface area contributed by atoms with Gasteiger partial charge >= 0.3 is 0 Å². The van der Waals surface area contributed by atoms with E-state index < -0.39 is 6.10 Å². The van der Waals surface area contributed by atoms with Crippen LogP contribution in [-0.2, 0) is 4.79 Å². The molecule has 0 bridgehead atoms. The second-order valence-electron chi connectivity index (χ2n) is 6.26. The van der Waals surface area contributed by atoms with Crippen LogP contribution in [0.1, 0.15) is 37.4 Å². The van der Waals surface area contributed by atoms with Crippen LogP contribution in [0.2, 0.25) is 0 Å². The number of amides is 1. The van der Waals surface area contributed by atoms with Gasteiger partial charge in [-0.2, -0.15) is 0 Å². The lowest BCUT2D eigenvalue weighted by molar-refractivity contribution is -0.131. The molecule has 1 aromatic rings. The Morgan fingerprint density at radius 3 is 2.67 bits per heavy atom. The number of carbonyl (C=O) groups is 1. The average molecular weight is 288 g/mol. The number of hydrogen-bond donors (Lipinski definition) is 1. The van der Waals surface area contributed by atoms with Crippen molar-refractivity contribution in [3.8, 4) is 0 Å². The van der Waals surface area contributed by atoms with E-state index in [2.05, 4.69) is 4.90 Å². The molecule has 2 saturated heterocycles. The minimum atomic E-state index is -0.439. The zero-order chi connectivity index (χ0) is 14.8. The summed E-state index contributed by atoms with van der Waals surface area (Å²) in [5, 5.41) is 10.4. The maximum Gasteiger partial charge on any atom is 0.239 e. The quantitative estimate of drug-likeness (QED) is 0.919. The molecule has 0 aromatic heterocycles. The Balaban J connectivity index is 1.66. The molecule has 21 heavy (non-hydrogen) atoms. The van der Waals surface area contributed by atoms with Crippen molar-refractivity contribution in [2.45, 2.75) is 43.9 Å². The van der Waals surface area contributed by atoms with Crippen LogP contribution < -0.4 is 0 Å². The lowest BCUT2D eigenvalue weighted by Crippen LogP contribution is -2.44. The van der Waals surface area contributed by atoms with Gasteiger partial charge in [0, 0.05) is 19.6 Å². The van der Waals surface area contributed by atoms with Gasteiger partial charge in [-0.05, 0) is 37.8 Å². The third kappa shape index (κ3) is 2.97. The van der Waals surface area contributed by atoms with Crippen molar-refractivity contribution in [3.63, 3.8) is 0 Å². The number of aliphatic hydroxyl groups is 1. The fraction of sp³-hybridized carbons (Fsp3) is 0.588. The van der Waals surface area contributed by atoms with Gasteiger partial charge in [0.2, 0.25) is 5.91 Å². The number of carbonyl (C=O) groups excluding carboxylic acids is 1. The van der Waals surface area contributed by atoms with Gasteiger partial charge in [-0.15, -0.1) is 0 Å². The summed E-state index contributed by atoms with van der Waals surface area (Å²) in [5.74, 6) is 0.246. The molecule has 0 radical (unpaired) electrons. The zero-order valence-corrected chi connectivity index (χ0v) is 12.6. The molecule has 3 rings (SSSR count). The highest BCUT2D eigenvalue weighted by atomic mass is 16.3. The monoisotopic (exact) mass is 288 g/mol. The fourth-order valence-corrected chi connectivity index (χ4v) is 3.70. The molecule has 0 spiro atoms. The molecule has 0 unspecified atom stereocenters. The normalized spacial score (nSPS) is 28.3. The van der Waals surface area contributed by atoms with Gasteiger partial charge in [0.1, 0.15) is 0 Å². The Hall–Kier alpha value is -1.39. The van der Waals surface area contributed by atoms with E-state index in [1.54, 1.807) is 0 Å². The van der Waals surface area contributed by atoms with Crippen LogP contribution in [0.15, 0.2) is 30.3 Å². The fourth-order valence-electron chi connectivity index (χ4n) is 3.70. The van der Waals surface area contributed by atoms with Crippen molar-refractivity contribution in [3.05, 3.63) is 35.9 Å². The smallest absolute Gasteiger partial charge is 0.239 e. The van der Waals surface area contributed by atoms with Crippen LogP contribution in [0.3, 0.4) is 0 Å². The van der Waals surface area contributed by atoms with Gasteiger partial charge in [0.05, 0.1) is 12.1 Å². The van der Waals surface area contributed by atoms with Crippen molar-refractivity contribution in [2.24, 2.45) is 0 Å². The third-order valence-corrected chi connectivity index (χ3v) is 4.90. The lowest BCUT2D eigenvalue weighted by Gasteiger charge is -2.30. The van der Waals surface area contributed by atoms with Gasteiger partial charge in [0.15, 0.2) is 0 Å². The number of likely N-dealkylation sites (N-methyl/N-ethyl adjacent to an activating group) is 1. The molecule has 2 aliphatic heterocycles. The predicted molar refractivity (Wildman–Crippen MR) is 81.8 cm³/mol. The van der Waals surface area contributed by atoms with E-state index >= 15 is 0 Å². The Morgan fingerprint density at radius 2 is 2.00 bits per heavy atom. The lowest BCUT2D eigenvalue weighted by atomic mass is 9.99. The van der Waals surface area contributed by atoms with E-state index in [1.165, 1.54) is 0 Å². The van der Waals surface area contributed by atoms with E-state index in [1.807, 2.05) is 42.3 Å². The first-order valence-electron chi connectivity index (χ1n) is 7.90. The summed E-state index contributed by atoms with van der Waals surface area (Å²) in [6.45, 7) is 1.84. The molecule has 4 nitrogen and oxygen atoms in total. The summed E-state index contributed by atoms with van der Waals surface area (Å²) in [7, 11) is 1.88. The topological polar surface area (TPSA) is 43.8 Å². The minimum absolute atomic E-state index is 0.0328. The number of benzene rings is 1. The molecule has 1 N–H and O–H groups in total. The minimum Gasteiger partial charge on any atom is -0.388 e. The summed E-state index contributed by atoms with van der Waals surface area (Å²) >= 11 is 0. The molecular formula is C17H24N2O2. The Labute approximate surface area is 126 Å². The first-order chi connectivity index (χ1) is 10.2. The van der Waals surface area contributed by atoms with E-state index in [4.69, 9.17) is 0 Å². The molecule has 3 atom stereocenters. The number of rotatable bonds is 4. The maximum atomic E-state index is 12.2. The molecule has 0 aliphatic carbocycles. The molecule has 0 saturated carbocycles. The number of likely N-dealkylation sites (tertiary alicyclic amines) is 2. The van der Waals surface area contributed by atoms with Gasteiger partial charge in [-0.25, -0.2) is 0 Å². The zero-order valence-electron chi connectivity index (χ0n) is 12.6. The van der Waals surface area contributed by atoms with Crippen molar-refractivity contribution >= 4 is 5.91 Å². The third-order valence-electron chi connectivity index (χ3n) is 4.90. The molecule has 1 aromatic carbocycles. The summed E-state index contributed by atoms with van der Waals surface area (Å²) in [5.41, 5.74) is 0.971. The summed E-state index contributed by atoms with van der Waals surface area (Å²) in [6.07, 6.45) is 3.41. The van der Waals surface area contributed by atoms with Gasteiger partial charge < -0.3 is 10.0 Å². The average Bonchev–Trinajstić information content (AvgIpc) is 3.08. The SMILES string of the molecule is CN1CC[C@@H](N2CCC[C@@H]2C[C@@H](O)c2ccccc2)C1=O. The van der Waals surface area contributed by atoms with E-state index in [0.29, 0.717) is 6.04 Å². The van der Waals surface area contributed by atoms with Crippen LogP contribution in [0, 0.1) is 0 Å². The first kappa shape index (κ1) is 14.5. The van der Waals surface area contributed by atoms with E-state index in [9.17, 15) is 9.90 Å².